The molecule has 6 heterocycles. The first-order valence-corrected chi connectivity index (χ1v) is 10.5. The smallest absolute Gasteiger partial charge is 0.270 e. The Balaban J connectivity index is 1.32. The van der Waals surface area contributed by atoms with E-state index in [2.05, 4.69) is 39.0 Å². The molecule has 2 aromatic rings. The van der Waals surface area contributed by atoms with Gasteiger partial charge in [-0.05, 0) is 45.8 Å². The fourth-order valence-corrected chi connectivity index (χ4v) is 5.00. The van der Waals surface area contributed by atoms with Gasteiger partial charge in [0.25, 0.3) is 5.91 Å². The third-order valence-electron chi connectivity index (χ3n) is 6.91. The topological polar surface area (TPSA) is 64.9 Å². The molecule has 2 bridgehead atoms. The average Bonchev–Trinajstić information content (AvgIpc) is 3.14. The molecule has 2 aromatic heterocycles. The van der Waals surface area contributed by atoms with E-state index in [1.165, 1.54) is 12.8 Å². The molecule has 4 saturated heterocycles. The van der Waals surface area contributed by atoms with Gasteiger partial charge < -0.3 is 19.5 Å². The van der Waals surface area contributed by atoms with Crippen LogP contribution in [0.25, 0.3) is 11.0 Å². The fraction of sp³-hybridized carbons (Fsp3) is 0.619. The summed E-state index contributed by atoms with van der Waals surface area (Å²) in [6.07, 6.45) is 4.11. The Hall–Kier alpha value is -2.12. The lowest BCUT2D eigenvalue weighted by Gasteiger charge is -2.49. The van der Waals surface area contributed by atoms with Gasteiger partial charge in [0.2, 0.25) is 0 Å². The molecule has 4 fully saturated rings. The molecule has 28 heavy (non-hydrogen) atoms. The van der Waals surface area contributed by atoms with Crippen molar-refractivity contribution in [3.63, 3.8) is 0 Å². The van der Waals surface area contributed by atoms with Crippen LogP contribution in [0.4, 0.5) is 5.88 Å². The monoisotopic (exact) mass is 383 g/mol. The molecule has 150 valence electrons. The molecule has 1 amide bonds. The van der Waals surface area contributed by atoms with Gasteiger partial charge in [-0.15, -0.1) is 0 Å². The molecular formula is C21H29N5O2. The fourth-order valence-electron chi connectivity index (χ4n) is 5.00. The Morgan fingerprint density at radius 1 is 1.14 bits per heavy atom. The summed E-state index contributed by atoms with van der Waals surface area (Å²) < 4.78 is 6.07. The second kappa shape index (κ2) is 7.04. The second-order valence-electron chi connectivity index (χ2n) is 8.60. The van der Waals surface area contributed by atoms with Crippen LogP contribution in [0.2, 0.25) is 0 Å². The van der Waals surface area contributed by atoms with Crippen molar-refractivity contribution in [1.29, 1.82) is 0 Å². The summed E-state index contributed by atoms with van der Waals surface area (Å²) in [5.74, 6) is 1.36. The highest BCUT2D eigenvalue weighted by atomic mass is 16.4. The van der Waals surface area contributed by atoms with E-state index >= 15 is 0 Å². The molecular weight excluding hydrogens is 354 g/mol. The summed E-state index contributed by atoms with van der Waals surface area (Å²) in [6, 6.07) is 4.43. The molecule has 0 unspecified atom stereocenters. The van der Waals surface area contributed by atoms with Gasteiger partial charge in [0.15, 0.2) is 5.88 Å². The van der Waals surface area contributed by atoms with Gasteiger partial charge in [0.05, 0.1) is 0 Å². The summed E-state index contributed by atoms with van der Waals surface area (Å²) in [4.78, 5) is 24.4. The van der Waals surface area contributed by atoms with Crippen molar-refractivity contribution in [3.05, 3.63) is 24.0 Å². The lowest BCUT2D eigenvalue weighted by atomic mass is 9.79. The minimum Gasteiger partial charge on any atom is -0.440 e. The number of piperazine rings is 1. The van der Waals surface area contributed by atoms with E-state index < -0.39 is 0 Å². The van der Waals surface area contributed by atoms with Crippen LogP contribution < -0.4 is 10.2 Å². The number of amides is 1. The summed E-state index contributed by atoms with van der Waals surface area (Å²) in [6.45, 7) is 8.50. The summed E-state index contributed by atoms with van der Waals surface area (Å²) in [7, 11) is 2.14. The summed E-state index contributed by atoms with van der Waals surface area (Å²) in [5, 5.41) is 4.20. The number of furan rings is 1. The van der Waals surface area contributed by atoms with Crippen LogP contribution in [-0.2, 0) is 0 Å². The lowest BCUT2D eigenvalue weighted by Crippen LogP contribution is -2.62. The number of hydrogen-bond donors (Lipinski definition) is 1. The van der Waals surface area contributed by atoms with E-state index in [-0.39, 0.29) is 11.9 Å². The second-order valence-corrected chi connectivity index (χ2v) is 8.60. The highest BCUT2D eigenvalue weighted by molar-refractivity contribution is 5.96. The van der Waals surface area contributed by atoms with Gasteiger partial charge in [-0.1, -0.05) is 0 Å². The van der Waals surface area contributed by atoms with Crippen LogP contribution >= 0.6 is 0 Å². The molecule has 0 spiro atoms. The Morgan fingerprint density at radius 3 is 2.61 bits per heavy atom. The minimum atomic E-state index is -0.0925. The van der Waals surface area contributed by atoms with Crippen LogP contribution in [-0.4, -0.2) is 79.1 Å². The van der Waals surface area contributed by atoms with Crippen LogP contribution in [0.15, 0.2) is 22.7 Å². The molecule has 0 radical (unpaired) electrons. The van der Waals surface area contributed by atoms with Crippen molar-refractivity contribution in [1.82, 2.24) is 20.1 Å². The van der Waals surface area contributed by atoms with E-state index in [0.717, 1.165) is 56.1 Å². The SMILES string of the molecule is C[C@H]1[C@H](NC(=O)c2cc3oc(N4CCN(C)CC4)cc3cn2)C2CCN1CC2. The van der Waals surface area contributed by atoms with E-state index in [1.807, 2.05) is 6.07 Å². The normalized spacial score (nSPS) is 30.7. The molecule has 2 atom stereocenters. The highest BCUT2D eigenvalue weighted by Crippen LogP contribution is 2.32. The van der Waals surface area contributed by atoms with Gasteiger partial charge >= 0.3 is 0 Å². The van der Waals surface area contributed by atoms with Crippen LogP contribution in [0.5, 0.6) is 0 Å². The van der Waals surface area contributed by atoms with Crippen molar-refractivity contribution < 1.29 is 9.21 Å². The van der Waals surface area contributed by atoms with Crippen LogP contribution in [0.1, 0.15) is 30.3 Å². The Labute approximate surface area is 165 Å². The largest absolute Gasteiger partial charge is 0.440 e. The van der Waals surface area contributed by atoms with Crippen LogP contribution in [0, 0.1) is 5.92 Å². The molecule has 4 aliphatic rings. The third kappa shape index (κ3) is 3.16. The van der Waals surface area contributed by atoms with Crippen molar-refractivity contribution >= 4 is 22.8 Å². The Bertz CT molecular complexity index is 863. The number of fused-ring (bicyclic) bond motifs is 4. The highest BCUT2D eigenvalue weighted by Gasteiger charge is 2.40. The number of anilines is 1. The van der Waals surface area contributed by atoms with E-state index in [4.69, 9.17) is 4.42 Å². The molecule has 1 N–H and O–H groups in total. The van der Waals surface area contributed by atoms with Crippen molar-refractivity contribution in [3.8, 4) is 0 Å². The number of piperidine rings is 3. The average molecular weight is 383 g/mol. The predicted octanol–water partition coefficient (Wildman–Crippen LogP) is 1.79. The predicted molar refractivity (Wildman–Crippen MR) is 109 cm³/mol. The first kappa shape index (κ1) is 17.9. The van der Waals surface area contributed by atoms with Crippen molar-refractivity contribution in [2.24, 2.45) is 5.92 Å². The maximum atomic E-state index is 12.9. The van der Waals surface area contributed by atoms with Gasteiger partial charge in [-0.25, -0.2) is 0 Å². The number of aromatic nitrogens is 1. The summed E-state index contributed by atoms with van der Waals surface area (Å²) >= 11 is 0. The zero-order chi connectivity index (χ0) is 19.3. The number of nitrogens with one attached hydrogen (secondary N) is 1. The molecule has 7 heteroatoms. The van der Waals surface area contributed by atoms with Gasteiger partial charge in [-0.3, -0.25) is 14.7 Å². The third-order valence-corrected chi connectivity index (χ3v) is 6.91. The van der Waals surface area contributed by atoms with Gasteiger partial charge in [0, 0.05) is 62.0 Å². The Kier molecular flexibility index (Phi) is 4.51. The maximum absolute atomic E-state index is 12.9. The number of likely N-dealkylation sites (N-methyl/N-ethyl adjacent to an activating group) is 1. The maximum Gasteiger partial charge on any atom is 0.270 e. The number of pyridine rings is 1. The van der Waals surface area contributed by atoms with Crippen molar-refractivity contribution in [2.45, 2.75) is 31.8 Å². The zero-order valence-electron chi connectivity index (χ0n) is 16.7. The first-order chi connectivity index (χ1) is 13.6. The lowest BCUT2D eigenvalue weighted by molar-refractivity contribution is 0.0216. The zero-order valence-corrected chi connectivity index (χ0v) is 16.7. The first-order valence-electron chi connectivity index (χ1n) is 10.5. The van der Waals surface area contributed by atoms with Gasteiger partial charge in [0.1, 0.15) is 11.3 Å². The molecule has 0 saturated carbocycles. The number of hydrogen-bond acceptors (Lipinski definition) is 6. The number of nitrogens with zero attached hydrogens (tertiary/aromatic N) is 4. The quantitative estimate of drug-likeness (QED) is 0.872. The number of carbonyl (C=O) groups is 1. The van der Waals surface area contributed by atoms with Gasteiger partial charge in [-0.2, -0.15) is 0 Å². The van der Waals surface area contributed by atoms with Crippen LogP contribution in [0.3, 0.4) is 0 Å². The summed E-state index contributed by atoms with van der Waals surface area (Å²) in [5.41, 5.74) is 1.17. The molecule has 7 nitrogen and oxygen atoms in total. The minimum absolute atomic E-state index is 0.0925. The molecule has 6 rings (SSSR count). The van der Waals surface area contributed by atoms with Crippen molar-refractivity contribution in [2.75, 3.05) is 51.2 Å². The van der Waals surface area contributed by atoms with E-state index in [9.17, 15) is 4.79 Å². The van der Waals surface area contributed by atoms with E-state index in [0.29, 0.717) is 17.7 Å². The number of carbonyl (C=O) groups excluding carboxylic acids is 1. The standard InChI is InChI=1S/C21H29N5O2/c1-14-20(15-3-5-25(14)6-4-15)23-21(27)17-12-18-16(13-22-17)11-19(28-18)26-9-7-24(2)8-10-26/h11-15,20H,3-10H2,1-2H3,(H,23,27)/t14-,20-/m0/s1. The number of rotatable bonds is 3. The molecule has 4 aliphatic heterocycles. The van der Waals surface area contributed by atoms with E-state index in [1.54, 1.807) is 12.3 Å². The molecule has 0 aromatic carbocycles. The Morgan fingerprint density at radius 2 is 1.89 bits per heavy atom. The molecule has 0 aliphatic carbocycles.